The second-order valence-electron chi connectivity index (χ2n) is 33.2. The van der Waals surface area contributed by atoms with Gasteiger partial charge in [-0.25, -0.2) is 57.4 Å². The molecule has 39 heteroatoms. The van der Waals surface area contributed by atoms with Crippen LogP contribution < -0.4 is 19.5 Å². The molecule has 10 heterocycles. The number of nitrogens with zero attached hydrogens (tertiary/aromatic N) is 13. The van der Waals surface area contributed by atoms with E-state index < -0.39 is 65.1 Å². The van der Waals surface area contributed by atoms with Crippen molar-refractivity contribution < 1.29 is 99.4 Å². The number of ether oxygens (including phenoxy) is 5. The molecule has 0 spiro atoms. The molecule has 1 amide bonds. The zero-order valence-electron chi connectivity index (χ0n) is 75.8. The van der Waals surface area contributed by atoms with Gasteiger partial charge in [-0.15, -0.1) is 12.4 Å². The van der Waals surface area contributed by atoms with Crippen molar-refractivity contribution in [1.82, 2.24) is 68.4 Å². The number of esters is 2. The summed E-state index contributed by atoms with van der Waals surface area (Å²) in [5, 5.41) is 24.2. The van der Waals surface area contributed by atoms with Crippen molar-refractivity contribution in [3.8, 4) is 41.0 Å². The van der Waals surface area contributed by atoms with E-state index in [0.717, 1.165) is 5.39 Å². The van der Waals surface area contributed by atoms with Crippen LogP contribution in [0.3, 0.4) is 0 Å². The molecular formula is C100H104BrCl3F4N14O17. The van der Waals surface area contributed by atoms with Gasteiger partial charge in [0.25, 0.3) is 0 Å². The van der Waals surface area contributed by atoms with Gasteiger partial charge in [0.05, 0.1) is 50.7 Å². The molecule has 14 aromatic rings. The second-order valence-corrected chi connectivity index (χ2v) is 34.7. The molecule has 8 aromatic heterocycles. The molecule has 0 bridgehead atoms. The molecule has 2 aliphatic rings. The fraction of sp³-hybridized carbons (Fsp3) is 0.300. The van der Waals surface area contributed by atoms with Crippen LogP contribution in [0.1, 0.15) is 162 Å². The number of hydrogen-bond acceptors (Lipinski definition) is 25. The lowest BCUT2D eigenvalue weighted by Crippen LogP contribution is -2.42. The topological polar surface area (TPSA) is 395 Å². The Morgan fingerprint density at radius 1 is 0.460 bits per heavy atom. The number of Topliss-reactive ketones (excluding diaryl/α,β-unsaturated/α-hetero) is 6. The highest BCUT2D eigenvalue weighted by atomic mass is 79.9. The Balaban J connectivity index is 0.000000213. The Morgan fingerprint density at radius 3 is 1.14 bits per heavy atom. The van der Waals surface area contributed by atoms with Crippen molar-refractivity contribution in [3.05, 3.63) is 268 Å². The number of carbonyl (C=O) groups is 10. The van der Waals surface area contributed by atoms with Gasteiger partial charge in [-0.1, -0.05) is 62.3 Å². The molecule has 0 saturated carbocycles. The maximum Gasteiger partial charge on any atom is 0.326 e. The number of aliphatic carboxylic acids is 1. The Kier molecular flexibility index (Phi) is 39.9. The third-order valence-electron chi connectivity index (χ3n) is 20.5. The number of carboxylic acids is 1. The van der Waals surface area contributed by atoms with E-state index in [1.807, 2.05) is 20.8 Å². The van der Waals surface area contributed by atoms with E-state index in [-0.39, 0.29) is 179 Å². The zero-order chi connectivity index (χ0) is 98.4. The fourth-order valence-corrected chi connectivity index (χ4v) is 15.2. The number of ketones is 6. The molecule has 4 atom stereocenters. The van der Waals surface area contributed by atoms with Crippen LogP contribution in [0.2, 0.25) is 10.0 Å². The Hall–Kier alpha value is -14.1. The number of nitrogens with one attached hydrogen (secondary N) is 1. The smallest absolute Gasteiger partial charge is 0.326 e. The van der Waals surface area contributed by atoms with Gasteiger partial charge < -0.3 is 62.4 Å². The predicted octanol–water partition coefficient (Wildman–Crippen LogP) is 20.1. The molecule has 16 rings (SSSR count). The van der Waals surface area contributed by atoms with Crippen molar-refractivity contribution in [3.63, 3.8) is 0 Å². The molecule has 732 valence electrons. The Morgan fingerprint density at radius 2 is 0.806 bits per heavy atom. The summed E-state index contributed by atoms with van der Waals surface area (Å²) in [6.45, 7) is 16.2. The van der Waals surface area contributed by atoms with Gasteiger partial charge in [-0.05, 0) is 194 Å². The number of halogens is 8. The standard InChI is InChI=1S/C29H25ClF2N4O4.C20H21N3O4.C16H13N3O4.C16H19NO4.C13H14ClF2NO.C4H3BrN2.2CH4.ClH/c1-17(37)22-15-35(24-13-20(7-8-21(22)24)40-29-33-10-3-11-34-29)16-27(39)36-14-19(31)12-25(36)26(38)9-6-18-4-2-5-23(30)28(18)32;1-13(24)16-11-23(12-18(25)27-20(2,3)4)17-10-14(6-7-15(16)17)26-19-21-8-5-9-22-19;1-10(20)13-8-19(9-15(21)22)14-7-11(3-4-12(13)14)23-16-17-5-2-6-18-16;1-10(18)13-8-17(9-15(20)21-16(2,3)4)14-7-11(19)5-6-12(13)14;14-10-3-1-2-8(13(10)16)4-5-12(18)11-6-9(15)7-17-11;5-4-6-2-1-3-7-4;;;/h2-5,7-8,10-11,13,15,19,25H,6,9,12,14,16H2,1H3;5-11H,12H2,1-4H3;2-8H,9H2,1H3,(H,21,22);5-8,19H,9H2,1-4H3;1-3,9,11,17H,4-7H2;1-3H;2*1H4;1H/t19-,25+;;;;9-,11+;;;;/m1...1..../s1. The number of amides is 1. The SMILES string of the molecule is Brc1ncccn1.C.C.CC(=O)c1cn(CC(=O)N2C[C@H](F)C[C@H]2C(=O)CCc2cccc(Cl)c2F)c2cc(Oc3ncccn3)ccc12.CC(=O)c1cn(CC(=O)O)c2cc(Oc3ncccn3)ccc12.CC(=O)c1cn(CC(=O)OC(C)(C)C)c2cc(O)ccc12.CC(=O)c1cn(CC(=O)OC(C)(C)C)c2cc(Oc3ncccn3)ccc12.Cl.O=C(CCc1cccc(Cl)c1F)[C@@H]1C[C@@H](F)CN1. The first-order valence-electron chi connectivity index (χ1n) is 42.5. The van der Waals surface area contributed by atoms with Crippen molar-refractivity contribution in [1.29, 1.82) is 0 Å². The normalized spacial score (nSPS) is 14.0. The van der Waals surface area contributed by atoms with Crippen LogP contribution in [0.5, 0.6) is 41.0 Å². The number of hydrogen-bond donors (Lipinski definition) is 3. The number of rotatable bonds is 26. The number of aromatic hydroxyl groups is 1. The van der Waals surface area contributed by atoms with Crippen LogP contribution in [0.4, 0.5) is 17.6 Å². The summed E-state index contributed by atoms with van der Waals surface area (Å²) in [4.78, 5) is 154. The van der Waals surface area contributed by atoms with Crippen LogP contribution in [0.15, 0.2) is 213 Å². The van der Waals surface area contributed by atoms with E-state index >= 15 is 0 Å². The van der Waals surface area contributed by atoms with Crippen molar-refractivity contribution in [2.45, 2.75) is 184 Å². The summed E-state index contributed by atoms with van der Waals surface area (Å²) in [7, 11) is 0. The average Bonchev–Trinajstić information content (AvgIpc) is 1.67. The number of benzene rings is 6. The lowest BCUT2D eigenvalue weighted by Gasteiger charge is -2.24. The first-order chi connectivity index (χ1) is 64.6. The van der Waals surface area contributed by atoms with Crippen LogP contribution in [0, 0.1) is 11.6 Å². The number of carboxylic acid groups (broad SMARTS) is 1. The molecule has 31 nitrogen and oxygen atoms in total. The first kappa shape index (κ1) is 110. The molecule has 0 radical (unpaired) electrons. The minimum Gasteiger partial charge on any atom is -0.508 e. The van der Waals surface area contributed by atoms with E-state index in [4.69, 9.17) is 52.0 Å². The summed E-state index contributed by atoms with van der Waals surface area (Å²) >= 11 is 14.6. The molecule has 3 N–H and O–H groups in total. The van der Waals surface area contributed by atoms with Crippen molar-refractivity contribution in [2.75, 3.05) is 13.1 Å². The number of aromatic nitrogens is 12. The minimum absolute atomic E-state index is 0. The van der Waals surface area contributed by atoms with Crippen molar-refractivity contribution >= 4 is 154 Å². The number of carbonyl (C=O) groups excluding carboxylic acids is 9. The van der Waals surface area contributed by atoms with Crippen LogP contribution >= 0.6 is 51.5 Å². The minimum atomic E-state index is -1.36. The highest BCUT2D eigenvalue weighted by Gasteiger charge is 2.40. The largest absolute Gasteiger partial charge is 0.508 e. The number of fused-ring (bicyclic) bond motifs is 4. The van der Waals surface area contributed by atoms with Gasteiger partial charge in [0.15, 0.2) is 33.6 Å². The third-order valence-corrected chi connectivity index (χ3v) is 21.5. The zero-order valence-corrected chi connectivity index (χ0v) is 79.7. The average molecular weight is 2040 g/mol. The van der Waals surface area contributed by atoms with Crippen LogP contribution in [-0.2, 0) is 77.3 Å². The van der Waals surface area contributed by atoms with E-state index in [0.29, 0.717) is 94.4 Å². The lowest BCUT2D eigenvalue weighted by atomic mass is 10.0. The van der Waals surface area contributed by atoms with Crippen LogP contribution in [0.25, 0.3) is 43.6 Å². The van der Waals surface area contributed by atoms with Gasteiger partial charge in [0.2, 0.25) is 5.91 Å². The van der Waals surface area contributed by atoms with Crippen molar-refractivity contribution in [2.24, 2.45) is 0 Å². The third kappa shape index (κ3) is 31.2. The second kappa shape index (κ2) is 50.3. The fourth-order valence-electron chi connectivity index (χ4n) is 14.6. The number of phenols is 1. The van der Waals surface area contributed by atoms with Gasteiger partial charge in [0, 0.05) is 175 Å². The Labute approximate surface area is 822 Å². The molecular weight excluding hydrogens is 1930 g/mol. The van der Waals surface area contributed by atoms with Gasteiger partial charge in [-0.2, -0.15) is 0 Å². The summed E-state index contributed by atoms with van der Waals surface area (Å²) in [5.74, 6) is -2.78. The highest BCUT2D eigenvalue weighted by molar-refractivity contribution is 9.10. The van der Waals surface area contributed by atoms with E-state index in [2.05, 4.69) is 61.1 Å². The molecule has 2 fully saturated rings. The number of likely N-dealkylation sites (tertiary alicyclic amines) is 1. The summed E-state index contributed by atoms with van der Waals surface area (Å²) in [6, 6.07) is 35.3. The number of aryl methyl sites for hydroxylation is 2. The lowest BCUT2D eigenvalue weighted by molar-refractivity contribution is -0.156. The maximum atomic E-state index is 14.5. The van der Waals surface area contributed by atoms with Gasteiger partial charge in [-0.3, -0.25) is 47.9 Å². The molecule has 139 heavy (non-hydrogen) atoms. The Bertz CT molecular complexity index is 6710. The first-order valence-corrected chi connectivity index (χ1v) is 44.1. The molecule has 6 aromatic carbocycles. The van der Waals surface area contributed by atoms with E-state index in [1.165, 1.54) is 79.9 Å². The van der Waals surface area contributed by atoms with E-state index in [9.17, 15) is 70.6 Å². The summed E-state index contributed by atoms with van der Waals surface area (Å²) in [6.07, 6.45) is 17.4. The number of alkyl halides is 2. The summed E-state index contributed by atoms with van der Waals surface area (Å²) < 4.78 is 89.9. The molecule has 2 saturated heterocycles. The molecule has 0 aliphatic carbocycles. The molecule has 2 aliphatic heterocycles. The monoisotopic (exact) mass is 2030 g/mol. The molecule has 0 unspecified atom stereocenters. The number of phenolic OH excluding ortho intramolecular Hbond substituents is 1. The van der Waals surface area contributed by atoms with Gasteiger partial charge in [0.1, 0.15) is 90.1 Å². The van der Waals surface area contributed by atoms with Gasteiger partial charge >= 0.3 is 35.9 Å². The highest BCUT2D eigenvalue weighted by Crippen LogP contribution is 2.35. The van der Waals surface area contributed by atoms with E-state index in [1.54, 1.807) is 200 Å². The summed E-state index contributed by atoms with van der Waals surface area (Å²) in [5.41, 5.74) is 3.97. The predicted molar refractivity (Wildman–Crippen MR) is 521 cm³/mol. The quantitative estimate of drug-likeness (QED) is 0.0196. The maximum absolute atomic E-state index is 14.5. The van der Waals surface area contributed by atoms with Crippen LogP contribution in [-0.4, -0.2) is 180 Å².